The number of nitrogens with zero attached hydrogens (tertiary/aromatic N) is 2. The lowest BCUT2D eigenvalue weighted by Crippen LogP contribution is -2.49. The normalized spacial score (nSPS) is 23.4. The van der Waals surface area contributed by atoms with Gasteiger partial charge in [0, 0.05) is 50.9 Å². The van der Waals surface area contributed by atoms with Gasteiger partial charge >= 0.3 is 0 Å². The lowest BCUT2D eigenvalue weighted by atomic mass is 10.2. The van der Waals surface area contributed by atoms with Gasteiger partial charge in [-0.05, 0) is 18.6 Å². The number of carbonyl (C=O) groups excluding carboxylic acids is 1. The minimum atomic E-state index is -2.86. The van der Waals surface area contributed by atoms with Crippen LogP contribution >= 0.6 is 0 Å². The molecule has 2 aliphatic heterocycles. The van der Waals surface area contributed by atoms with Gasteiger partial charge < -0.3 is 15.1 Å². The third-order valence-corrected chi connectivity index (χ3v) is 6.53. The van der Waals surface area contributed by atoms with Crippen molar-refractivity contribution in [3.63, 3.8) is 0 Å². The number of para-hydroxylation sites is 1. The molecule has 6 nitrogen and oxygen atoms in total. The van der Waals surface area contributed by atoms with E-state index in [2.05, 4.69) is 22.3 Å². The van der Waals surface area contributed by atoms with E-state index in [1.165, 1.54) is 5.69 Å². The maximum atomic E-state index is 12.3. The summed E-state index contributed by atoms with van der Waals surface area (Å²) in [6, 6.07) is 10.3. The van der Waals surface area contributed by atoms with Crippen molar-refractivity contribution in [1.29, 1.82) is 0 Å². The Labute approximate surface area is 143 Å². The van der Waals surface area contributed by atoms with Crippen molar-refractivity contribution in [2.24, 2.45) is 0 Å². The largest absolute Gasteiger partial charge is 0.368 e. The van der Waals surface area contributed by atoms with Crippen molar-refractivity contribution in [1.82, 2.24) is 10.2 Å². The Hall–Kier alpha value is -1.60. The minimum Gasteiger partial charge on any atom is -0.368 e. The Morgan fingerprint density at radius 3 is 2.46 bits per heavy atom. The van der Waals surface area contributed by atoms with E-state index >= 15 is 0 Å². The highest BCUT2D eigenvalue weighted by Crippen LogP contribution is 2.16. The van der Waals surface area contributed by atoms with Crippen LogP contribution in [0.3, 0.4) is 0 Å². The molecule has 7 heteroatoms. The maximum Gasteiger partial charge on any atom is 0.223 e. The second-order valence-electron chi connectivity index (χ2n) is 6.51. The molecule has 0 saturated carbocycles. The number of amides is 1. The SMILES string of the molecule is O=C(CCNC1CCS(=O)(=O)C1)N1CCN(c2ccccc2)CC1. The summed E-state index contributed by atoms with van der Waals surface area (Å²) in [4.78, 5) is 16.5. The first-order chi connectivity index (χ1) is 11.5. The number of sulfone groups is 1. The van der Waals surface area contributed by atoms with E-state index in [0.29, 0.717) is 19.4 Å². The summed E-state index contributed by atoms with van der Waals surface area (Å²) in [6.45, 7) is 3.74. The molecule has 2 saturated heterocycles. The topological polar surface area (TPSA) is 69.7 Å². The van der Waals surface area contributed by atoms with Gasteiger partial charge in [0.25, 0.3) is 0 Å². The Morgan fingerprint density at radius 2 is 1.83 bits per heavy atom. The van der Waals surface area contributed by atoms with Crippen molar-refractivity contribution in [2.75, 3.05) is 49.1 Å². The van der Waals surface area contributed by atoms with Crippen LogP contribution in [0.15, 0.2) is 30.3 Å². The molecule has 1 unspecified atom stereocenters. The van der Waals surface area contributed by atoms with E-state index < -0.39 is 9.84 Å². The van der Waals surface area contributed by atoms with Gasteiger partial charge in [-0.3, -0.25) is 4.79 Å². The quantitative estimate of drug-likeness (QED) is 0.837. The molecule has 1 atom stereocenters. The fraction of sp³-hybridized carbons (Fsp3) is 0.588. The average Bonchev–Trinajstić information content (AvgIpc) is 2.94. The Bertz CT molecular complexity index is 655. The van der Waals surface area contributed by atoms with E-state index in [1.54, 1.807) is 0 Å². The van der Waals surface area contributed by atoms with Gasteiger partial charge in [0.15, 0.2) is 9.84 Å². The lowest BCUT2D eigenvalue weighted by Gasteiger charge is -2.36. The molecule has 1 amide bonds. The molecule has 24 heavy (non-hydrogen) atoms. The van der Waals surface area contributed by atoms with Gasteiger partial charge in [0.05, 0.1) is 11.5 Å². The molecule has 1 aromatic rings. The van der Waals surface area contributed by atoms with Crippen LogP contribution in [0.4, 0.5) is 5.69 Å². The number of carbonyl (C=O) groups is 1. The first-order valence-corrected chi connectivity index (χ1v) is 10.4. The summed E-state index contributed by atoms with van der Waals surface area (Å²) in [5.41, 5.74) is 1.20. The van der Waals surface area contributed by atoms with Crippen molar-refractivity contribution in [2.45, 2.75) is 18.9 Å². The van der Waals surface area contributed by atoms with Crippen LogP contribution < -0.4 is 10.2 Å². The van der Waals surface area contributed by atoms with Crippen molar-refractivity contribution < 1.29 is 13.2 Å². The molecule has 2 heterocycles. The Morgan fingerprint density at radius 1 is 1.12 bits per heavy atom. The zero-order chi connectivity index (χ0) is 17.0. The van der Waals surface area contributed by atoms with E-state index in [-0.39, 0.29) is 23.5 Å². The van der Waals surface area contributed by atoms with Gasteiger partial charge in [-0.15, -0.1) is 0 Å². The summed E-state index contributed by atoms with van der Waals surface area (Å²) in [5, 5.41) is 3.20. The van der Waals surface area contributed by atoms with E-state index in [1.807, 2.05) is 23.1 Å². The molecule has 2 fully saturated rings. The van der Waals surface area contributed by atoms with Crippen LogP contribution in [-0.2, 0) is 14.6 Å². The summed E-state index contributed by atoms with van der Waals surface area (Å²) in [7, 11) is -2.86. The third-order valence-electron chi connectivity index (χ3n) is 4.76. The minimum absolute atomic E-state index is 0.0118. The predicted molar refractivity (Wildman–Crippen MR) is 94.9 cm³/mol. The second-order valence-corrected chi connectivity index (χ2v) is 8.74. The van der Waals surface area contributed by atoms with Crippen LogP contribution in [0, 0.1) is 0 Å². The van der Waals surface area contributed by atoms with Crippen LogP contribution in [0.5, 0.6) is 0 Å². The molecule has 132 valence electrons. The van der Waals surface area contributed by atoms with Gasteiger partial charge in [0.1, 0.15) is 0 Å². The number of benzene rings is 1. The number of hydrogen-bond donors (Lipinski definition) is 1. The molecule has 1 aromatic carbocycles. The number of piperazine rings is 1. The zero-order valence-corrected chi connectivity index (χ0v) is 14.7. The van der Waals surface area contributed by atoms with E-state index in [9.17, 15) is 13.2 Å². The summed E-state index contributed by atoms with van der Waals surface area (Å²) < 4.78 is 22.8. The summed E-state index contributed by atoms with van der Waals surface area (Å²) in [6.07, 6.45) is 1.09. The number of anilines is 1. The molecule has 2 aliphatic rings. The highest BCUT2D eigenvalue weighted by molar-refractivity contribution is 7.91. The van der Waals surface area contributed by atoms with Crippen molar-refractivity contribution in [3.05, 3.63) is 30.3 Å². The van der Waals surface area contributed by atoms with Gasteiger partial charge in [-0.2, -0.15) is 0 Å². The Balaban J connectivity index is 1.38. The maximum absolute atomic E-state index is 12.3. The second kappa shape index (κ2) is 7.53. The van der Waals surface area contributed by atoms with Crippen LogP contribution in [0.25, 0.3) is 0 Å². The van der Waals surface area contributed by atoms with Crippen molar-refractivity contribution in [3.8, 4) is 0 Å². The predicted octanol–water partition coefficient (Wildman–Crippen LogP) is 0.502. The van der Waals surface area contributed by atoms with Crippen molar-refractivity contribution >= 4 is 21.4 Å². The fourth-order valence-corrected chi connectivity index (χ4v) is 5.06. The first kappa shape index (κ1) is 17.2. The summed E-state index contributed by atoms with van der Waals surface area (Å²) >= 11 is 0. The van der Waals surface area contributed by atoms with E-state index in [0.717, 1.165) is 26.2 Å². The molecule has 3 rings (SSSR count). The van der Waals surface area contributed by atoms with Crippen LogP contribution in [0.2, 0.25) is 0 Å². The molecular weight excluding hydrogens is 326 g/mol. The third kappa shape index (κ3) is 4.48. The standard InChI is InChI=1S/C17H25N3O3S/c21-17(6-8-18-15-7-13-24(22,23)14-15)20-11-9-19(10-12-20)16-4-2-1-3-5-16/h1-5,15,18H,6-14H2. The molecule has 0 aromatic heterocycles. The fourth-order valence-electron chi connectivity index (χ4n) is 3.35. The molecule has 0 radical (unpaired) electrons. The Kier molecular flexibility index (Phi) is 5.40. The molecule has 0 bridgehead atoms. The smallest absolute Gasteiger partial charge is 0.223 e. The number of rotatable bonds is 5. The molecule has 1 N–H and O–H groups in total. The average molecular weight is 351 g/mol. The lowest BCUT2D eigenvalue weighted by molar-refractivity contribution is -0.131. The van der Waals surface area contributed by atoms with Gasteiger partial charge in [0.2, 0.25) is 5.91 Å². The summed E-state index contributed by atoms with van der Waals surface area (Å²) in [5.74, 6) is 0.618. The highest BCUT2D eigenvalue weighted by atomic mass is 32.2. The van der Waals surface area contributed by atoms with E-state index in [4.69, 9.17) is 0 Å². The first-order valence-electron chi connectivity index (χ1n) is 8.55. The molecular formula is C17H25N3O3S. The monoisotopic (exact) mass is 351 g/mol. The number of nitrogens with one attached hydrogen (secondary N) is 1. The number of hydrogen-bond acceptors (Lipinski definition) is 5. The van der Waals surface area contributed by atoms with Gasteiger partial charge in [-0.25, -0.2) is 8.42 Å². The van der Waals surface area contributed by atoms with Gasteiger partial charge in [-0.1, -0.05) is 18.2 Å². The van der Waals surface area contributed by atoms with Crippen LogP contribution in [-0.4, -0.2) is 69.5 Å². The molecule has 0 spiro atoms. The highest BCUT2D eigenvalue weighted by Gasteiger charge is 2.27. The van der Waals surface area contributed by atoms with Crippen LogP contribution in [0.1, 0.15) is 12.8 Å². The zero-order valence-electron chi connectivity index (χ0n) is 13.9. The molecule has 0 aliphatic carbocycles.